The number of hydrogen-bond acceptors (Lipinski definition) is 2. The molecule has 1 saturated heterocycles. The lowest BCUT2D eigenvalue weighted by Gasteiger charge is -2.26. The zero-order valence-electron chi connectivity index (χ0n) is 10.3. The number of likely N-dealkylation sites (tertiary alicyclic amines) is 1. The van der Waals surface area contributed by atoms with Gasteiger partial charge in [-0.25, -0.2) is 0 Å². The second kappa shape index (κ2) is 4.56. The highest BCUT2D eigenvalue weighted by atomic mass is 15.2. The highest BCUT2D eigenvalue weighted by Crippen LogP contribution is 2.27. The van der Waals surface area contributed by atoms with Gasteiger partial charge in [0, 0.05) is 18.6 Å². The maximum absolute atomic E-state index is 6.06. The van der Waals surface area contributed by atoms with E-state index in [1.54, 1.807) is 0 Å². The average Bonchev–Trinajstić information content (AvgIpc) is 2.65. The fourth-order valence-corrected chi connectivity index (χ4v) is 2.55. The van der Waals surface area contributed by atoms with Crippen LogP contribution in [0.5, 0.6) is 0 Å². The molecule has 16 heavy (non-hydrogen) atoms. The van der Waals surface area contributed by atoms with E-state index < -0.39 is 0 Å². The molecule has 0 saturated carbocycles. The van der Waals surface area contributed by atoms with Gasteiger partial charge in [0.25, 0.3) is 0 Å². The lowest BCUT2D eigenvalue weighted by molar-refractivity contribution is 0.269. The lowest BCUT2D eigenvalue weighted by Crippen LogP contribution is -2.44. The van der Waals surface area contributed by atoms with Gasteiger partial charge in [-0.05, 0) is 38.3 Å². The molecule has 1 aromatic rings. The van der Waals surface area contributed by atoms with E-state index in [1.807, 2.05) is 0 Å². The van der Waals surface area contributed by atoms with E-state index in [0.717, 1.165) is 13.1 Å². The topological polar surface area (TPSA) is 29.3 Å². The van der Waals surface area contributed by atoms with Gasteiger partial charge in [-0.2, -0.15) is 0 Å². The van der Waals surface area contributed by atoms with Crippen LogP contribution in [0.2, 0.25) is 0 Å². The Kier molecular flexibility index (Phi) is 3.31. The Morgan fingerprint density at radius 3 is 2.62 bits per heavy atom. The molecule has 0 aliphatic carbocycles. The Morgan fingerprint density at radius 1 is 1.31 bits per heavy atom. The summed E-state index contributed by atoms with van der Waals surface area (Å²) in [6, 6.07) is 10.8. The van der Waals surface area contributed by atoms with E-state index in [0.29, 0.717) is 5.92 Å². The maximum Gasteiger partial charge on any atom is 0.0226 e. The first kappa shape index (κ1) is 11.6. The summed E-state index contributed by atoms with van der Waals surface area (Å²) in [7, 11) is 0. The van der Waals surface area contributed by atoms with Crippen LogP contribution < -0.4 is 5.73 Å². The SMILES string of the molecule is CC(C)(N)CN1CCC(c2ccccc2)C1. The summed E-state index contributed by atoms with van der Waals surface area (Å²) in [5, 5.41) is 0. The molecule has 2 nitrogen and oxygen atoms in total. The van der Waals surface area contributed by atoms with Crippen LogP contribution in [-0.4, -0.2) is 30.1 Å². The van der Waals surface area contributed by atoms with Gasteiger partial charge >= 0.3 is 0 Å². The van der Waals surface area contributed by atoms with E-state index in [9.17, 15) is 0 Å². The van der Waals surface area contributed by atoms with Crippen molar-refractivity contribution >= 4 is 0 Å². The summed E-state index contributed by atoms with van der Waals surface area (Å²) in [6.07, 6.45) is 1.26. The van der Waals surface area contributed by atoms with Gasteiger partial charge in [-0.1, -0.05) is 30.3 Å². The van der Waals surface area contributed by atoms with E-state index in [-0.39, 0.29) is 5.54 Å². The third kappa shape index (κ3) is 3.06. The second-order valence-corrected chi connectivity index (χ2v) is 5.62. The van der Waals surface area contributed by atoms with Crippen molar-refractivity contribution in [1.82, 2.24) is 4.90 Å². The minimum Gasteiger partial charge on any atom is -0.324 e. The predicted octanol–water partition coefficient (Wildman–Crippen LogP) is 2.21. The molecule has 88 valence electrons. The summed E-state index contributed by atoms with van der Waals surface area (Å²) in [5.41, 5.74) is 7.45. The normalized spacial score (nSPS) is 22.6. The van der Waals surface area contributed by atoms with Crippen LogP contribution in [0.3, 0.4) is 0 Å². The standard InChI is InChI=1S/C14H22N2/c1-14(2,15)11-16-9-8-13(10-16)12-6-4-3-5-7-12/h3-7,13H,8-11,15H2,1-2H3. The van der Waals surface area contributed by atoms with Crippen LogP contribution >= 0.6 is 0 Å². The third-order valence-corrected chi connectivity index (χ3v) is 3.17. The molecule has 1 aromatic carbocycles. The Balaban J connectivity index is 1.94. The first-order chi connectivity index (χ1) is 7.54. The molecule has 1 unspecified atom stereocenters. The molecular weight excluding hydrogens is 196 g/mol. The van der Waals surface area contributed by atoms with Crippen molar-refractivity contribution < 1.29 is 0 Å². The van der Waals surface area contributed by atoms with Crippen LogP contribution in [0.4, 0.5) is 0 Å². The van der Waals surface area contributed by atoms with Crippen molar-refractivity contribution in [2.75, 3.05) is 19.6 Å². The van der Waals surface area contributed by atoms with E-state index >= 15 is 0 Å². The largest absolute Gasteiger partial charge is 0.324 e. The van der Waals surface area contributed by atoms with Crippen molar-refractivity contribution in [3.8, 4) is 0 Å². The van der Waals surface area contributed by atoms with Gasteiger partial charge in [0.15, 0.2) is 0 Å². The van der Waals surface area contributed by atoms with Crippen molar-refractivity contribution in [2.45, 2.75) is 31.7 Å². The van der Waals surface area contributed by atoms with Crippen molar-refractivity contribution in [3.05, 3.63) is 35.9 Å². The summed E-state index contributed by atoms with van der Waals surface area (Å²) in [5.74, 6) is 0.698. The number of nitrogens with two attached hydrogens (primary N) is 1. The van der Waals surface area contributed by atoms with Crippen LogP contribution in [0, 0.1) is 0 Å². The van der Waals surface area contributed by atoms with Crippen LogP contribution in [0.25, 0.3) is 0 Å². The minimum atomic E-state index is -0.0778. The number of hydrogen-bond donors (Lipinski definition) is 1. The van der Waals surface area contributed by atoms with Crippen molar-refractivity contribution in [2.24, 2.45) is 5.73 Å². The maximum atomic E-state index is 6.06. The molecule has 1 fully saturated rings. The van der Waals surface area contributed by atoms with Gasteiger partial charge in [0.05, 0.1) is 0 Å². The van der Waals surface area contributed by atoms with E-state index in [4.69, 9.17) is 5.73 Å². The van der Waals surface area contributed by atoms with Gasteiger partial charge in [-0.15, -0.1) is 0 Å². The summed E-state index contributed by atoms with van der Waals surface area (Å²) >= 11 is 0. The van der Waals surface area contributed by atoms with Crippen LogP contribution in [0.1, 0.15) is 31.7 Å². The fourth-order valence-electron chi connectivity index (χ4n) is 2.55. The Labute approximate surface area is 98.4 Å². The molecule has 0 radical (unpaired) electrons. The van der Waals surface area contributed by atoms with Gasteiger partial charge in [0.2, 0.25) is 0 Å². The second-order valence-electron chi connectivity index (χ2n) is 5.62. The Hall–Kier alpha value is -0.860. The third-order valence-electron chi connectivity index (χ3n) is 3.17. The molecular formula is C14H22N2. The summed E-state index contributed by atoms with van der Waals surface area (Å²) < 4.78 is 0. The number of benzene rings is 1. The van der Waals surface area contributed by atoms with Gasteiger partial charge in [-0.3, -0.25) is 0 Å². The van der Waals surface area contributed by atoms with Crippen LogP contribution in [-0.2, 0) is 0 Å². The predicted molar refractivity (Wildman–Crippen MR) is 68.5 cm³/mol. The number of nitrogens with zero attached hydrogens (tertiary/aromatic N) is 1. The zero-order chi connectivity index (χ0) is 11.6. The molecule has 2 N–H and O–H groups in total. The van der Waals surface area contributed by atoms with Gasteiger partial charge < -0.3 is 10.6 Å². The quantitative estimate of drug-likeness (QED) is 0.843. The Bertz CT molecular complexity index is 326. The fraction of sp³-hybridized carbons (Fsp3) is 0.571. The molecule has 0 bridgehead atoms. The first-order valence-electron chi connectivity index (χ1n) is 6.11. The molecule has 1 aliphatic rings. The molecule has 1 atom stereocenters. The van der Waals surface area contributed by atoms with Crippen molar-refractivity contribution in [3.63, 3.8) is 0 Å². The first-order valence-corrected chi connectivity index (χ1v) is 6.11. The molecule has 1 heterocycles. The molecule has 1 aliphatic heterocycles. The van der Waals surface area contributed by atoms with E-state index in [1.165, 1.54) is 18.5 Å². The highest BCUT2D eigenvalue weighted by molar-refractivity contribution is 5.21. The summed E-state index contributed by atoms with van der Waals surface area (Å²) in [4.78, 5) is 2.48. The van der Waals surface area contributed by atoms with Gasteiger partial charge in [0.1, 0.15) is 0 Å². The summed E-state index contributed by atoms with van der Waals surface area (Å²) in [6.45, 7) is 7.53. The zero-order valence-corrected chi connectivity index (χ0v) is 10.3. The molecule has 2 heteroatoms. The molecule has 2 rings (SSSR count). The molecule has 0 amide bonds. The molecule has 0 spiro atoms. The number of rotatable bonds is 3. The minimum absolute atomic E-state index is 0.0778. The smallest absolute Gasteiger partial charge is 0.0226 e. The monoisotopic (exact) mass is 218 g/mol. The van der Waals surface area contributed by atoms with Crippen molar-refractivity contribution in [1.29, 1.82) is 0 Å². The Morgan fingerprint density at radius 2 is 2.00 bits per heavy atom. The van der Waals surface area contributed by atoms with Crippen LogP contribution in [0.15, 0.2) is 30.3 Å². The lowest BCUT2D eigenvalue weighted by atomic mass is 9.99. The molecule has 0 aromatic heterocycles. The highest BCUT2D eigenvalue weighted by Gasteiger charge is 2.26. The van der Waals surface area contributed by atoms with E-state index in [2.05, 4.69) is 49.1 Å². The average molecular weight is 218 g/mol.